The minimum atomic E-state index is -1.14. The average molecular weight is 322 g/mol. The van der Waals surface area contributed by atoms with E-state index in [1.165, 1.54) is 0 Å². The van der Waals surface area contributed by atoms with Gasteiger partial charge < -0.3 is 24.6 Å². The number of quaternary nitrogens is 1. The Balaban J connectivity index is 0. The van der Waals surface area contributed by atoms with Gasteiger partial charge in [-0.1, -0.05) is 19.1 Å². The van der Waals surface area contributed by atoms with Crippen LogP contribution in [0.2, 0.25) is 0 Å². The summed E-state index contributed by atoms with van der Waals surface area (Å²) in [6.07, 6.45) is 7.91. The predicted octanol–water partition coefficient (Wildman–Crippen LogP) is -2.45. The average Bonchev–Trinajstić information content (AvgIpc) is 2.46. The SMILES string of the molecule is CC/C=C/CCCC[N+](CCO)(CCC(=O)[O-])CCC(=O)O.[Li+]. The van der Waals surface area contributed by atoms with Crippen molar-refractivity contribution in [1.29, 1.82) is 0 Å². The van der Waals surface area contributed by atoms with Crippen molar-refractivity contribution in [3.05, 3.63) is 12.2 Å². The molecule has 128 valence electrons. The van der Waals surface area contributed by atoms with E-state index in [0.29, 0.717) is 30.7 Å². The Morgan fingerprint density at radius 2 is 1.70 bits per heavy atom. The van der Waals surface area contributed by atoms with E-state index in [0.717, 1.165) is 25.7 Å². The second kappa shape index (κ2) is 14.8. The first-order valence-corrected chi connectivity index (χ1v) is 7.98. The molecule has 1 unspecified atom stereocenters. The molecular weight excluding hydrogens is 293 g/mol. The van der Waals surface area contributed by atoms with E-state index in [1.54, 1.807) is 0 Å². The maximum atomic E-state index is 10.8. The third-order valence-corrected chi connectivity index (χ3v) is 3.82. The molecule has 7 heteroatoms. The van der Waals surface area contributed by atoms with Crippen LogP contribution in [-0.2, 0) is 9.59 Å². The summed E-state index contributed by atoms with van der Waals surface area (Å²) in [4.78, 5) is 21.6. The Hall–Kier alpha value is -0.803. The summed E-state index contributed by atoms with van der Waals surface area (Å²) in [7, 11) is 0. The molecule has 2 N–H and O–H groups in total. The van der Waals surface area contributed by atoms with Gasteiger partial charge in [-0.3, -0.25) is 4.79 Å². The van der Waals surface area contributed by atoms with Crippen molar-refractivity contribution in [3.63, 3.8) is 0 Å². The standard InChI is InChI=1S/C16H29NO5.Li/c1-2-3-4-5-6-7-10-17(13-14-18,11-8-15(19)20)12-9-16(21)22;/h3-4,18H,2,5-14H2,1H3,(H-,19,20,21,22);/q;+1/b4-3+;. The molecule has 0 spiro atoms. The van der Waals surface area contributed by atoms with Crippen molar-refractivity contribution in [2.75, 3.05) is 32.8 Å². The molecule has 0 bridgehead atoms. The van der Waals surface area contributed by atoms with Crippen LogP contribution in [0.3, 0.4) is 0 Å². The molecule has 0 radical (unpaired) electrons. The van der Waals surface area contributed by atoms with Gasteiger partial charge in [0, 0.05) is 12.4 Å². The van der Waals surface area contributed by atoms with Crippen LogP contribution in [0.5, 0.6) is 0 Å². The summed E-state index contributed by atoms with van der Waals surface area (Å²) < 4.78 is 0.328. The fourth-order valence-electron chi connectivity index (χ4n) is 2.54. The maximum Gasteiger partial charge on any atom is 1.00 e. The van der Waals surface area contributed by atoms with Crippen molar-refractivity contribution in [2.45, 2.75) is 45.4 Å². The van der Waals surface area contributed by atoms with E-state index in [1.807, 2.05) is 0 Å². The first-order valence-electron chi connectivity index (χ1n) is 7.98. The molecule has 0 saturated carbocycles. The number of aliphatic hydroxyl groups is 1. The number of aliphatic carboxylic acids is 2. The quantitative estimate of drug-likeness (QED) is 0.160. The molecule has 0 fully saturated rings. The van der Waals surface area contributed by atoms with Gasteiger partial charge in [0.25, 0.3) is 0 Å². The van der Waals surface area contributed by atoms with Gasteiger partial charge in [0.05, 0.1) is 32.7 Å². The normalized spacial score (nSPS) is 13.5. The van der Waals surface area contributed by atoms with Crippen LogP contribution in [0.25, 0.3) is 0 Å². The van der Waals surface area contributed by atoms with Crippen LogP contribution >= 0.6 is 0 Å². The maximum absolute atomic E-state index is 10.8. The number of unbranched alkanes of at least 4 members (excludes halogenated alkanes) is 2. The number of hydrogen-bond donors (Lipinski definition) is 2. The largest absolute Gasteiger partial charge is 1.00 e. The van der Waals surface area contributed by atoms with Gasteiger partial charge in [0.1, 0.15) is 6.54 Å². The molecule has 0 aromatic carbocycles. The van der Waals surface area contributed by atoms with E-state index in [-0.39, 0.29) is 38.3 Å². The van der Waals surface area contributed by atoms with E-state index in [9.17, 15) is 19.8 Å². The Labute approximate surface area is 150 Å². The molecule has 1 atom stereocenters. The fraction of sp³-hybridized carbons (Fsp3) is 0.750. The van der Waals surface area contributed by atoms with Crippen molar-refractivity contribution in [1.82, 2.24) is 0 Å². The van der Waals surface area contributed by atoms with Gasteiger partial charge in [-0.2, -0.15) is 0 Å². The third-order valence-electron chi connectivity index (χ3n) is 3.82. The number of allylic oxidation sites excluding steroid dienone is 2. The first-order chi connectivity index (χ1) is 10.5. The number of carboxylic acid groups (broad SMARTS) is 2. The van der Waals surface area contributed by atoms with E-state index >= 15 is 0 Å². The summed E-state index contributed by atoms with van der Waals surface area (Å²) in [5.41, 5.74) is 0. The second-order valence-electron chi connectivity index (χ2n) is 5.60. The summed E-state index contributed by atoms with van der Waals surface area (Å²) in [6, 6.07) is 0. The number of carbonyl (C=O) groups is 2. The number of carboxylic acids is 2. The van der Waals surface area contributed by atoms with Crippen LogP contribution in [0.4, 0.5) is 0 Å². The van der Waals surface area contributed by atoms with Crippen LogP contribution in [0, 0.1) is 0 Å². The van der Waals surface area contributed by atoms with Gasteiger partial charge in [-0.15, -0.1) is 0 Å². The van der Waals surface area contributed by atoms with E-state index in [2.05, 4.69) is 19.1 Å². The van der Waals surface area contributed by atoms with Crippen molar-refractivity contribution in [3.8, 4) is 0 Å². The number of carbonyl (C=O) groups excluding carboxylic acids is 1. The summed E-state index contributed by atoms with van der Waals surface area (Å²) >= 11 is 0. The van der Waals surface area contributed by atoms with Crippen LogP contribution < -0.4 is 24.0 Å². The van der Waals surface area contributed by atoms with Crippen LogP contribution in [0.1, 0.15) is 45.4 Å². The van der Waals surface area contributed by atoms with Crippen molar-refractivity contribution in [2.24, 2.45) is 0 Å². The molecule has 23 heavy (non-hydrogen) atoms. The minimum absolute atomic E-state index is 0. The molecule has 0 saturated heterocycles. The molecule has 0 heterocycles. The summed E-state index contributed by atoms with van der Waals surface area (Å²) in [6.45, 7) is 3.70. The van der Waals surface area contributed by atoms with E-state index < -0.39 is 11.9 Å². The van der Waals surface area contributed by atoms with Gasteiger partial charge in [-0.05, 0) is 25.7 Å². The molecule has 0 aliphatic heterocycles. The molecule has 0 aromatic rings. The predicted molar refractivity (Wildman–Crippen MR) is 82.0 cm³/mol. The topological polar surface area (TPSA) is 97.7 Å². The smallest absolute Gasteiger partial charge is 0.550 e. The zero-order chi connectivity index (χ0) is 16.8. The second-order valence-corrected chi connectivity index (χ2v) is 5.60. The third kappa shape index (κ3) is 13.3. The Kier molecular flexibility index (Phi) is 15.7. The van der Waals surface area contributed by atoms with E-state index in [4.69, 9.17) is 5.11 Å². The molecule has 0 rings (SSSR count). The number of hydrogen-bond acceptors (Lipinski definition) is 4. The van der Waals surface area contributed by atoms with Crippen LogP contribution in [0.15, 0.2) is 12.2 Å². The molecule has 0 amide bonds. The zero-order valence-corrected chi connectivity index (χ0v) is 14.5. The summed E-state index contributed by atoms with van der Waals surface area (Å²) in [5.74, 6) is -2.04. The number of aliphatic hydroxyl groups excluding tert-OH is 1. The van der Waals surface area contributed by atoms with Gasteiger partial charge >= 0.3 is 24.8 Å². The number of rotatable bonds is 14. The Morgan fingerprint density at radius 1 is 1.04 bits per heavy atom. The molecule has 6 nitrogen and oxygen atoms in total. The van der Waals surface area contributed by atoms with Crippen molar-refractivity contribution < 1.29 is 48.3 Å². The molecule has 0 aromatic heterocycles. The zero-order valence-electron chi connectivity index (χ0n) is 14.5. The Bertz CT molecular complexity index is 342. The summed E-state index contributed by atoms with van der Waals surface area (Å²) in [5, 5.41) is 28.9. The minimum Gasteiger partial charge on any atom is -0.550 e. The van der Waals surface area contributed by atoms with Gasteiger partial charge in [-0.25, -0.2) is 0 Å². The number of nitrogens with zero attached hydrogens (tertiary/aromatic N) is 1. The molecular formula is C16H29LiNO5+. The monoisotopic (exact) mass is 322 g/mol. The van der Waals surface area contributed by atoms with Crippen LogP contribution in [-0.4, -0.2) is 59.4 Å². The van der Waals surface area contributed by atoms with Gasteiger partial charge in [0.2, 0.25) is 0 Å². The van der Waals surface area contributed by atoms with Crippen molar-refractivity contribution >= 4 is 11.9 Å². The first kappa shape index (κ1) is 24.4. The molecule has 0 aliphatic carbocycles. The fourth-order valence-corrected chi connectivity index (χ4v) is 2.54. The van der Waals surface area contributed by atoms with Gasteiger partial charge in [0.15, 0.2) is 0 Å². The Morgan fingerprint density at radius 3 is 2.22 bits per heavy atom. The molecule has 0 aliphatic rings.